The van der Waals surface area contributed by atoms with Gasteiger partial charge in [0.05, 0.1) is 0 Å². The molecule has 0 spiro atoms. The molecule has 0 aromatic carbocycles. The maximum Gasteiger partial charge on any atom is 1.00 e. The third-order valence-corrected chi connectivity index (χ3v) is 2.20. The fraction of sp³-hybridized carbons (Fsp3) is 0.333. The van der Waals surface area contributed by atoms with Gasteiger partial charge in [0.25, 0.3) is 0 Å². The monoisotopic (exact) mass is 288 g/mol. The molecule has 0 unspecified atom stereocenters. The van der Waals surface area contributed by atoms with Crippen LogP contribution >= 0.6 is 15.6 Å². The summed E-state index contributed by atoms with van der Waals surface area (Å²) < 4.78 is 22.2. The quantitative estimate of drug-likeness (QED) is 0.222. The molecule has 13 heteroatoms. The molecule has 0 aliphatic rings. The van der Waals surface area contributed by atoms with Gasteiger partial charge in [-0.3, -0.25) is 4.79 Å². The summed E-state index contributed by atoms with van der Waals surface area (Å²) in [6, 6.07) is 0. The number of carbonyl (C=O) groups excluding carboxylic acids is 2. The number of hydrogen-bond acceptors (Lipinski definition) is 6. The van der Waals surface area contributed by atoms with Crippen LogP contribution in [0, 0.1) is 0 Å². The van der Waals surface area contributed by atoms with Gasteiger partial charge < -0.3 is 29.5 Å². The van der Waals surface area contributed by atoms with Gasteiger partial charge >= 0.3 is 45.2 Å². The number of carboxylic acids is 1. The van der Waals surface area contributed by atoms with E-state index in [1.54, 1.807) is 0 Å². The van der Waals surface area contributed by atoms with E-state index in [9.17, 15) is 23.8 Å². The third kappa shape index (κ3) is 23.9. The van der Waals surface area contributed by atoms with Crippen molar-refractivity contribution in [2.75, 3.05) is 0 Å². The number of rotatable bonds is 3. The first-order chi connectivity index (χ1) is 6.35. The molecule has 0 rings (SSSR count). The average molecular weight is 288 g/mol. The van der Waals surface area contributed by atoms with Crippen LogP contribution < -0.4 is 34.7 Å². The molecule has 0 saturated carbocycles. The van der Waals surface area contributed by atoms with E-state index in [-0.39, 0.29) is 29.6 Å². The standard InChI is InChI=1S/C3H4O3.Na.H4O7P2/c1-2(4)3(5)6;;1-8(2,3)7-9(4,5)6/h1H3,(H,5,6);;(H2,1,2,3)(H2,4,5,6)/q;+1;/p-1. The maximum absolute atomic E-state index is 9.63. The predicted molar refractivity (Wildman–Crippen MR) is 40.9 cm³/mol. The van der Waals surface area contributed by atoms with Gasteiger partial charge in [0.15, 0.2) is 5.78 Å². The van der Waals surface area contributed by atoms with E-state index in [1.807, 2.05) is 0 Å². The Balaban J connectivity index is -0.000000214. The van der Waals surface area contributed by atoms with Crippen molar-refractivity contribution in [2.24, 2.45) is 0 Å². The van der Waals surface area contributed by atoms with Gasteiger partial charge in [0.2, 0.25) is 0 Å². The first-order valence-electron chi connectivity index (χ1n) is 2.89. The fourth-order valence-corrected chi connectivity index (χ4v) is 1.25. The molecule has 4 N–H and O–H groups in total. The van der Waals surface area contributed by atoms with Crippen LogP contribution in [0.1, 0.15) is 6.92 Å². The normalized spacial score (nSPS) is 10.6. The molecule has 0 fully saturated rings. The number of hydrogen-bond donors (Lipinski definition) is 4. The van der Waals surface area contributed by atoms with Crippen molar-refractivity contribution in [3.05, 3.63) is 0 Å². The zero-order valence-electron chi connectivity index (χ0n) is 8.13. The number of carbonyl (C=O) groups is 2. The smallest absolute Gasteiger partial charge is 0.542 e. The van der Waals surface area contributed by atoms with Crippen LogP contribution in [0.4, 0.5) is 0 Å². The molecule has 0 bridgehead atoms. The van der Waals surface area contributed by atoms with Gasteiger partial charge in [0.1, 0.15) is 5.97 Å². The molecule has 0 saturated heterocycles. The summed E-state index contributed by atoms with van der Waals surface area (Å²) in [5, 5.41) is 9.24. The number of aliphatic carboxylic acids is 1. The van der Waals surface area contributed by atoms with E-state index >= 15 is 0 Å². The first kappa shape index (κ1) is 21.7. The summed E-state index contributed by atoms with van der Waals surface area (Å²) in [4.78, 5) is 49.7. The molecule has 0 amide bonds. The van der Waals surface area contributed by atoms with Crippen molar-refractivity contribution in [1.29, 1.82) is 0 Å². The second kappa shape index (κ2) is 8.48. The fourth-order valence-electron chi connectivity index (χ4n) is 0.139. The Morgan fingerprint density at radius 1 is 1.06 bits per heavy atom. The topological polar surface area (TPSA) is 181 Å². The van der Waals surface area contributed by atoms with Crippen LogP contribution in [0.5, 0.6) is 0 Å². The predicted octanol–water partition coefficient (Wildman–Crippen LogP) is -5.48. The van der Waals surface area contributed by atoms with Crippen LogP contribution in [0.3, 0.4) is 0 Å². The van der Waals surface area contributed by atoms with Gasteiger partial charge in [-0.05, 0) is 0 Å². The minimum Gasteiger partial charge on any atom is -0.542 e. The van der Waals surface area contributed by atoms with Crippen molar-refractivity contribution < 1.29 is 77.3 Å². The largest absolute Gasteiger partial charge is 1.00 e. The van der Waals surface area contributed by atoms with Crippen molar-refractivity contribution in [3.8, 4) is 0 Å². The molecule has 0 heterocycles. The molecular weight excluding hydrogens is 281 g/mol. The molecule has 0 aromatic rings. The van der Waals surface area contributed by atoms with Crippen molar-refractivity contribution in [1.82, 2.24) is 0 Å². The molecule has 10 nitrogen and oxygen atoms in total. The van der Waals surface area contributed by atoms with Crippen LogP contribution in [-0.2, 0) is 23.0 Å². The third-order valence-electron chi connectivity index (χ3n) is 0.500. The van der Waals surface area contributed by atoms with Crippen LogP contribution in [0.25, 0.3) is 0 Å². The second-order valence-electron chi connectivity index (χ2n) is 1.91. The number of phosphoric acid groups is 2. The average Bonchev–Trinajstić information content (AvgIpc) is 1.78. The van der Waals surface area contributed by atoms with E-state index in [2.05, 4.69) is 4.31 Å². The van der Waals surface area contributed by atoms with Gasteiger partial charge in [-0.15, -0.1) is 0 Å². The summed E-state index contributed by atoms with van der Waals surface area (Å²) in [5.74, 6) is -2.56. The molecule has 0 radical (unpaired) electrons. The minimum absolute atomic E-state index is 0. The van der Waals surface area contributed by atoms with Crippen molar-refractivity contribution in [2.45, 2.75) is 6.92 Å². The molecule has 90 valence electrons. The van der Waals surface area contributed by atoms with Crippen molar-refractivity contribution >= 4 is 27.4 Å². The minimum atomic E-state index is -5.05. The number of Topliss-reactive ketones (excluding diaryl/α,β-unsaturated/α-hetero) is 1. The SMILES string of the molecule is CC(=O)C(=O)[O-].O=P(O)(O)OP(=O)(O)O.[Na+]. The van der Waals surface area contributed by atoms with E-state index in [1.165, 1.54) is 0 Å². The summed E-state index contributed by atoms with van der Waals surface area (Å²) in [6.45, 7) is 0.940. The Bertz CT molecular complexity index is 293. The zero-order chi connectivity index (χ0) is 12.9. The Kier molecular flexibility index (Phi) is 11.5. The molecule has 0 aliphatic heterocycles. The Labute approximate surface area is 111 Å². The molecule has 0 atom stereocenters. The summed E-state index contributed by atoms with van der Waals surface area (Å²) in [6.07, 6.45) is 0. The van der Waals surface area contributed by atoms with Gasteiger partial charge in [-0.1, -0.05) is 0 Å². The van der Waals surface area contributed by atoms with E-state index in [0.29, 0.717) is 0 Å². The Morgan fingerprint density at radius 2 is 1.25 bits per heavy atom. The number of ketones is 1. The van der Waals surface area contributed by atoms with E-state index in [0.717, 1.165) is 6.92 Å². The number of carboxylic acid groups (broad SMARTS) is 1. The second-order valence-corrected chi connectivity index (χ2v) is 4.52. The Hall–Kier alpha value is 0.400. The zero-order valence-corrected chi connectivity index (χ0v) is 11.9. The van der Waals surface area contributed by atoms with Gasteiger partial charge in [-0.25, -0.2) is 9.13 Å². The first-order valence-corrected chi connectivity index (χ1v) is 5.95. The van der Waals surface area contributed by atoms with Crippen LogP contribution in [0.2, 0.25) is 0 Å². The molecule has 0 aromatic heterocycles. The van der Waals surface area contributed by atoms with Crippen molar-refractivity contribution in [3.63, 3.8) is 0 Å². The van der Waals surface area contributed by atoms with E-state index < -0.39 is 27.4 Å². The maximum atomic E-state index is 9.63. The molecule has 0 aliphatic carbocycles. The summed E-state index contributed by atoms with van der Waals surface area (Å²) >= 11 is 0. The van der Waals surface area contributed by atoms with Crippen LogP contribution in [0.15, 0.2) is 0 Å². The van der Waals surface area contributed by atoms with Crippen LogP contribution in [-0.4, -0.2) is 31.3 Å². The molecular formula is C3H7NaO10P2. The summed E-state index contributed by atoms with van der Waals surface area (Å²) in [7, 11) is -10.1. The van der Waals surface area contributed by atoms with Gasteiger partial charge in [-0.2, -0.15) is 4.31 Å². The Morgan fingerprint density at radius 3 is 1.25 bits per heavy atom. The molecule has 16 heavy (non-hydrogen) atoms. The summed E-state index contributed by atoms with van der Waals surface area (Å²) in [5.41, 5.74) is 0. The van der Waals surface area contributed by atoms with E-state index in [4.69, 9.17) is 19.6 Å². The van der Waals surface area contributed by atoms with Gasteiger partial charge in [0, 0.05) is 6.92 Å².